The van der Waals surface area contributed by atoms with E-state index in [2.05, 4.69) is 6.07 Å². The summed E-state index contributed by atoms with van der Waals surface area (Å²) in [5.41, 5.74) is 7.29. The van der Waals surface area contributed by atoms with E-state index in [1.165, 1.54) is 0 Å². The van der Waals surface area contributed by atoms with E-state index in [1.807, 2.05) is 26.8 Å². The highest BCUT2D eigenvalue weighted by molar-refractivity contribution is 6.00. The number of ketones is 1. The van der Waals surface area contributed by atoms with Crippen molar-refractivity contribution < 1.29 is 19.0 Å². The van der Waals surface area contributed by atoms with Crippen molar-refractivity contribution >= 4 is 5.78 Å². The van der Waals surface area contributed by atoms with Gasteiger partial charge in [-0.1, -0.05) is 19.9 Å². The summed E-state index contributed by atoms with van der Waals surface area (Å²) in [6, 6.07) is 7.50. The highest BCUT2D eigenvalue weighted by Crippen LogP contribution is 2.49. The molecule has 1 aromatic carbocycles. The summed E-state index contributed by atoms with van der Waals surface area (Å²) in [6.45, 7) is 6.36. The first-order valence-electron chi connectivity index (χ1n) is 8.96. The van der Waals surface area contributed by atoms with E-state index in [0.29, 0.717) is 47.8 Å². The summed E-state index contributed by atoms with van der Waals surface area (Å²) >= 11 is 0. The van der Waals surface area contributed by atoms with Gasteiger partial charge in [0.05, 0.1) is 19.6 Å². The number of methoxy groups -OCH3 is 1. The van der Waals surface area contributed by atoms with Crippen LogP contribution in [0.2, 0.25) is 0 Å². The Morgan fingerprint density at radius 1 is 1.37 bits per heavy atom. The van der Waals surface area contributed by atoms with Crippen LogP contribution < -0.4 is 15.2 Å². The summed E-state index contributed by atoms with van der Waals surface area (Å²) in [5, 5.41) is 9.73. The number of carbonyl (C=O) groups excluding carboxylic acids is 1. The van der Waals surface area contributed by atoms with Crippen molar-refractivity contribution in [1.82, 2.24) is 0 Å². The van der Waals surface area contributed by atoms with Gasteiger partial charge in [0.1, 0.15) is 28.9 Å². The lowest BCUT2D eigenvalue weighted by Gasteiger charge is -2.37. The summed E-state index contributed by atoms with van der Waals surface area (Å²) in [6.07, 6.45) is 0.981. The average Bonchev–Trinajstić information content (AvgIpc) is 2.59. The van der Waals surface area contributed by atoms with Crippen LogP contribution in [0.5, 0.6) is 11.5 Å². The van der Waals surface area contributed by atoms with Gasteiger partial charge < -0.3 is 19.9 Å². The van der Waals surface area contributed by atoms with E-state index in [1.54, 1.807) is 19.2 Å². The van der Waals surface area contributed by atoms with Crippen molar-refractivity contribution in [2.75, 3.05) is 13.7 Å². The van der Waals surface area contributed by atoms with Gasteiger partial charge in [0, 0.05) is 30.0 Å². The molecule has 2 N–H and O–H groups in total. The van der Waals surface area contributed by atoms with E-state index < -0.39 is 5.92 Å². The number of allylic oxidation sites excluding steroid dienone is 3. The quantitative estimate of drug-likeness (QED) is 0.873. The summed E-state index contributed by atoms with van der Waals surface area (Å²) in [7, 11) is 1.57. The van der Waals surface area contributed by atoms with Crippen molar-refractivity contribution in [2.45, 2.75) is 39.5 Å². The highest BCUT2D eigenvalue weighted by Gasteiger charge is 2.43. The molecule has 1 aromatic rings. The number of nitrogens with two attached hydrogens (primary N) is 1. The second-order valence-electron chi connectivity index (χ2n) is 7.54. The molecule has 6 nitrogen and oxygen atoms in total. The van der Waals surface area contributed by atoms with Gasteiger partial charge >= 0.3 is 0 Å². The maximum Gasteiger partial charge on any atom is 0.205 e. The van der Waals surface area contributed by atoms with Crippen LogP contribution >= 0.6 is 0 Å². The highest BCUT2D eigenvalue weighted by atomic mass is 16.5. The normalized spacial score (nSPS) is 21.3. The van der Waals surface area contributed by atoms with Crippen molar-refractivity contribution in [3.63, 3.8) is 0 Å². The van der Waals surface area contributed by atoms with Crippen LogP contribution in [0, 0.1) is 16.7 Å². The summed E-state index contributed by atoms with van der Waals surface area (Å²) in [4.78, 5) is 13.0. The standard InChI is InChI=1S/C21H24N2O4/c1-5-26-16-8-12(25-4)6-7-13(16)18-14(11-22)20(23)27-17-10-21(2,3)9-15(24)19(17)18/h6-8,18H,5,9-10,23H2,1-4H3/t18-/m1/s1. The second-order valence-corrected chi connectivity index (χ2v) is 7.54. The Hall–Kier alpha value is -2.94. The fraction of sp³-hybridized carbons (Fsp3) is 0.429. The molecule has 0 amide bonds. The summed E-state index contributed by atoms with van der Waals surface area (Å²) in [5.74, 6) is 1.17. The van der Waals surface area contributed by atoms with Crippen LogP contribution in [-0.2, 0) is 9.53 Å². The predicted octanol–water partition coefficient (Wildman–Crippen LogP) is 3.54. The number of benzene rings is 1. The van der Waals surface area contributed by atoms with E-state index >= 15 is 0 Å². The molecule has 0 bridgehead atoms. The Kier molecular flexibility index (Phi) is 4.88. The number of nitriles is 1. The second kappa shape index (κ2) is 6.99. The Morgan fingerprint density at radius 3 is 2.74 bits per heavy atom. The van der Waals surface area contributed by atoms with Gasteiger partial charge in [-0.05, 0) is 18.4 Å². The topological polar surface area (TPSA) is 94.6 Å². The monoisotopic (exact) mass is 368 g/mol. The number of Topliss-reactive ketones (excluding diaryl/α,β-unsaturated/α-hetero) is 1. The maximum absolute atomic E-state index is 13.0. The van der Waals surface area contributed by atoms with Gasteiger partial charge in [0.15, 0.2) is 5.78 Å². The van der Waals surface area contributed by atoms with Gasteiger partial charge in [0.25, 0.3) is 0 Å². The van der Waals surface area contributed by atoms with Gasteiger partial charge in [-0.3, -0.25) is 4.79 Å². The van der Waals surface area contributed by atoms with Crippen molar-refractivity contribution in [3.05, 3.63) is 46.6 Å². The Balaban J connectivity index is 2.21. The molecule has 2 aliphatic rings. The first-order valence-corrected chi connectivity index (χ1v) is 8.96. The van der Waals surface area contributed by atoms with E-state index in [-0.39, 0.29) is 22.7 Å². The minimum absolute atomic E-state index is 0.0234. The number of rotatable bonds is 4. The molecule has 3 rings (SSSR count). The Labute approximate surface area is 159 Å². The molecule has 142 valence electrons. The van der Waals surface area contributed by atoms with Crippen molar-refractivity contribution in [1.29, 1.82) is 5.26 Å². The molecular formula is C21H24N2O4. The van der Waals surface area contributed by atoms with Crippen LogP contribution in [0.3, 0.4) is 0 Å². The SMILES string of the molecule is CCOc1cc(OC)ccc1[C@@H]1C(C#N)=C(N)OC2=C1C(=O)CC(C)(C)C2. The lowest BCUT2D eigenvalue weighted by Crippen LogP contribution is -2.33. The molecule has 1 aliphatic heterocycles. The largest absolute Gasteiger partial charge is 0.497 e. The van der Waals surface area contributed by atoms with Crippen LogP contribution in [0.25, 0.3) is 0 Å². The molecule has 1 aliphatic carbocycles. The third kappa shape index (κ3) is 3.37. The molecule has 0 radical (unpaired) electrons. The number of nitrogens with zero attached hydrogens (tertiary/aromatic N) is 1. The molecule has 1 atom stereocenters. The van der Waals surface area contributed by atoms with Gasteiger partial charge in [-0.2, -0.15) is 5.26 Å². The molecule has 1 heterocycles. The van der Waals surface area contributed by atoms with Crippen molar-refractivity contribution in [2.24, 2.45) is 11.1 Å². The summed E-state index contributed by atoms with van der Waals surface area (Å²) < 4.78 is 16.8. The molecule has 0 spiro atoms. The molecule has 0 fully saturated rings. The molecule has 6 heteroatoms. The molecule has 0 saturated heterocycles. The zero-order valence-corrected chi connectivity index (χ0v) is 16.1. The van der Waals surface area contributed by atoms with Crippen LogP contribution in [-0.4, -0.2) is 19.5 Å². The molecule has 0 unspecified atom stereocenters. The fourth-order valence-corrected chi connectivity index (χ4v) is 3.76. The third-order valence-electron chi connectivity index (χ3n) is 4.91. The van der Waals surface area contributed by atoms with E-state index in [9.17, 15) is 10.1 Å². The number of ether oxygens (including phenoxy) is 3. The van der Waals surface area contributed by atoms with Gasteiger partial charge in [-0.15, -0.1) is 0 Å². The molecule has 0 aromatic heterocycles. The first kappa shape index (κ1) is 18.8. The minimum atomic E-state index is -0.602. The number of hydrogen-bond acceptors (Lipinski definition) is 6. The fourth-order valence-electron chi connectivity index (χ4n) is 3.76. The molecule has 0 saturated carbocycles. The van der Waals surface area contributed by atoms with Gasteiger partial charge in [0.2, 0.25) is 5.88 Å². The van der Waals surface area contributed by atoms with Crippen LogP contribution in [0.15, 0.2) is 41.0 Å². The third-order valence-corrected chi connectivity index (χ3v) is 4.91. The molecule has 27 heavy (non-hydrogen) atoms. The lowest BCUT2D eigenvalue weighted by molar-refractivity contribution is -0.119. The number of carbonyl (C=O) groups is 1. The average molecular weight is 368 g/mol. The predicted molar refractivity (Wildman–Crippen MR) is 99.9 cm³/mol. The van der Waals surface area contributed by atoms with Crippen molar-refractivity contribution in [3.8, 4) is 17.6 Å². The minimum Gasteiger partial charge on any atom is -0.497 e. The Morgan fingerprint density at radius 2 is 2.11 bits per heavy atom. The van der Waals surface area contributed by atoms with Crippen LogP contribution in [0.4, 0.5) is 0 Å². The Bertz CT molecular complexity index is 890. The molecular weight excluding hydrogens is 344 g/mol. The maximum atomic E-state index is 13.0. The van der Waals surface area contributed by atoms with E-state index in [0.717, 1.165) is 0 Å². The van der Waals surface area contributed by atoms with E-state index in [4.69, 9.17) is 19.9 Å². The number of hydrogen-bond donors (Lipinski definition) is 1. The zero-order valence-electron chi connectivity index (χ0n) is 16.1. The van der Waals surface area contributed by atoms with Gasteiger partial charge in [-0.25, -0.2) is 0 Å². The first-order chi connectivity index (χ1) is 12.8. The lowest BCUT2D eigenvalue weighted by atomic mass is 9.70. The smallest absolute Gasteiger partial charge is 0.205 e. The zero-order chi connectivity index (χ0) is 19.8. The van der Waals surface area contributed by atoms with Crippen LogP contribution in [0.1, 0.15) is 45.1 Å².